The fourth-order valence-electron chi connectivity index (χ4n) is 0.746. The Morgan fingerprint density at radius 3 is 2.17 bits per heavy atom. The van der Waals surface area contributed by atoms with Crippen LogP contribution in [-0.2, 0) is 9.47 Å². The molecule has 0 amide bonds. The molecular weight excluding hydrogens is 158 g/mol. The number of nitrogens with zero attached hydrogens (tertiary/aromatic N) is 1. The molecule has 0 bridgehead atoms. The van der Waals surface area contributed by atoms with Gasteiger partial charge in [0.25, 0.3) is 0 Å². The van der Waals surface area contributed by atoms with Crippen molar-refractivity contribution in [3.8, 4) is 0 Å². The van der Waals surface area contributed by atoms with Gasteiger partial charge in [0.2, 0.25) is 0 Å². The van der Waals surface area contributed by atoms with E-state index in [4.69, 9.17) is 9.84 Å². The third-order valence-corrected chi connectivity index (χ3v) is 1.53. The monoisotopic (exact) mass is 177 g/mol. The average molecular weight is 177 g/mol. The Labute approximate surface area is 74.1 Å². The van der Waals surface area contributed by atoms with Gasteiger partial charge < -0.3 is 19.5 Å². The summed E-state index contributed by atoms with van der Waals surface area (Å²) in [6.07, 6.45) is 0. The number of methoxy groups -OCH3 is 1. The first-order chi connectivity index (χ1) is 5.81. The summed E-state index contributed by atoms with van der Waals surface area (Å²) in [6, 6.07) is 0. The molecule has 0 aromatic rings. The van der Waals surface area contributed by atoms with Gasteiger partial charge in [0.15, 0.2) is 0 Å². The summed E-state index contributed by atoms with van der Waals surface area (Å²) in [5, 5.41) is 7.94. The van der Waals surface area contributed by atoms with Crippen molar-refractivity contribution < 1.29 is 14.6 Å². The molecule has 0 aliphatic carbocycles. The van der Waals surface area contributed by atoms with E-state index in [1.165, 1.54) is 0 Å². The third-order valence-electron chi connectivity index (χ3n) is 1.53. The minimum Gasteiger partial charge on any atom is -0.394 e. The van der Waals surface area contributed by atoms with Crippen molar-refractivity contribution in [2.75, 3.05) is 53.7 Å². The molecule has 0 radical (unpaired) electrons. The predicted octanol–water partition coefficient (Wildman–Crippen LogP) is -0.426. The Balaban J connectivity index is 0.000000217. The molecule has 1 N–H and O–H groups in total. The van der Waals surface area contributed by atoms with Crippen LogP contribution >= 0.6 is 0 Å². The third kappa shape index (κ3) is 7.94. The Bertz CT molecular complexity index is 82.4. The van der Waals surface area contributed by atoms with E-state index in [9.17, 15) is 0 Å². The SMILES string of the molecule is CN1CCOCC1.COCCO. The summed E-state index contributed by atoms with van der Waals surface area (Å²) in [7, 11) is 3.67. The fourth-order valence-corrected chi connectivity index (χ4v) is 0.746. The second kappa shape index (κ2) is 8.93. The van der Waals surface area contributed by atoms with Crippen molar-refractivity contribution in [3.05, 3.63) is 0 Å². The summed E-state index contributed by atoms with van der Waals surface area (Å²) >= 11 is 0. The Morgan fingerprint density at radius 1 is 1.42 bits per heavy atom. The first-order valence-corrected chi connectivity index (χ1v) is 4.17. The molecule has 0 aromatic carbocycles. The molecule has 4 heteroatoms. The van der Waals surface area contributed by atoms with E-state index in [2.05, 4.69) is 16.7 Å². The number of hydrogen-bond donors (Lipinski definition) is 1. The van der Waals surface area contributed by atoms with Crippen LogP contribution in [0.1, 0.15) is 0 Å². The molecule has 12 heavy (non-hydrogen) atoms. The van der Waals surface area contributed by atoms with Gasteiger partial charge in [-0.2, -0.15) is 0 Å². The molecule has 74 valence electrons. The fraction of sp³-hybridized carbons (Fsp3) is 1.00. The lowest BCUT2D eigenvalue weighted by atomic mass is 10.5. The standard InChI is InChI=1S/C5H11NO.C3H8O2/c1-6-2-4-7-5-3-6;1-5-3-2-4/h2-5H2,1H3;4H,2-3H2,1H3. The summed E-state index contributed by atoms with van der Waals surface area (Å²) < 4.78 is 9.54. The van der Waals surface area contributed by atoms with Crippen LogP contribution in [-0.4, -0.2) is 63.7 Å². The molecule has 1 aliphatic heterocycles. The zero-order chi connectivity index (χ0) is 9.23. The second-order valence-corrected chi connectivity index (χ2v) is 2.63. The molecule has 0 spiro atoms. The number of ether oxygens (including phenoxy) is 2. The first-order valence-electron chi connectivity index (χ1n) is 4.17. The van der Waals surface area contributed by atoms with E-state index in [0.717, 1.165) is 26.3 Å². The van der Waals surface area contributed by atoms with Crippen molar-refractivity contribution in [2.45, 2.75) is 0 Å². The lowest BCUT2D eigenvalue weighted by molar-refractivity contribution is 0.0503. The van der Waals surface area contributed by atoms with Gasteiger partial charge in [0.05, 0.1) is 26.4 Å². The zero-order valence-electron chi connectivity index (χ0n) is 7.95. The van der Waals surface area contributed by atoms with E-state index in [1.54, 1.807) is 7.11 Å². The topological polar surface area (TPSA) is 41.9 Å². The molecule has 4 nitrogen and oxygen atoms in total. The minimum absolute atomic E-state index is 0.122. The summed E-state index contributed by atoms with van der Waals surface area (Å²) in [5.74, 6) is 0. The number of aliphatic hydroxyl groups is 1. The van der Waals surface area contributed by atoms with E-state index < -0.39 is 0 Å². The molecule has 0 atom stereocenters. The van der Waals surface area contributed by atoms with E-state index in [1.807, 2.05) is 0 Å². The molecule has 1 fully saturated rings. The van der Waals surface area contributed by atoms with Crippen molar-refractivity contribution in [1.82, 2.24) is 4.90 Å². The minimum atomic E-state index is 0.122. The lowest BCUT2D eigenvalue weighted by Gasteiger charge is -2.21. The van der Waals surface area contributed by atoms with E-state index in [0.29, 0.717) is 6.61 Å². The maximum atomic E-state index is 7.94. The van der Waals surface area contributed by atoms with Gasteiger partial charge in [-0.1, -0.05) is 0 Å². The molecule has 0 saturated carbocycles. The van der Waals surface area contributed by atoms with Gasteiger partial charge in [-0.05, 0) is 7.05 Å². The van der Waals surface area contributed by atoms with Crippen LogP contribution in [0.4, 0.5) is 0 Å². The molecule has 1 rings (SSSR count). The van der Waals surface area contributed by atoms with Gasteiger partial charge in [0, 0.05) is 20.2 Å². The van der Waals surface area contributed by atoms with Crippen molar-refractivity contribution in [2.24, 2.45) is 0 Å². The highest BCUT2D eigenvalue weighted by Crippen LogP contribution is 1.89. The number of rotatable bonds is 2. The number of hydrogen-bond acceptors (Lipinski definition) is 4. The van der Waals surface area contributed by atoms with E-state index in [-0.39, 0.29) is 6.61 Å². The second-order valence-electron chi connectivity index (χ2n) is 2.63. The highest BCUT2D eigenvalue weighted by molar-refractivity contribution is 4.53. The number of aliphatic hydroxyl groups excluding tert-OH is 1. The number of likely N-dealkylation sites (N-methyl/N-ethyl adjacent to an activating group) is 1. The van der Waals surface area contributed by atoms with Crippen LogP contribution in [0.2, 0.25) is 0 Å². The first kappa shape index (κ1) is 11.8. The van der Waals surface area contributed by atoms with Gasteiger partial charge >= 0.3 is 0 Å². The maximum Gasteiger partial charge on any atom is 0.0693 e. The van der Waals surface area contributed by atoms with Crippen molar-refractivity contribution in [3.63, 3.8) is 0 Å². The zero-order valence-corrected chi connectivity index (χ0v) is 7.95. The van der Waals surface area contributed by atoms with Gasteiger partial charge in [0.1, 0.15) is 0 Å². The van der Waals surface area contributed by atoms with Crippen LogP contribution < -0.4 is 0 Å². The largest absolute Gasteiger partial charge is 0.394 e. The lowest BCUT2D eigenvalue weighted by Crippen LogP contribution is -2.32. The molecule has 1 saturated heterocycles. The normalized spacial score (nSPS) is 18.2. The van der Waals surface area contributed by atoms with Crippen LogP contribution in [0.3, 0.4) is 0 Å². The molecular formula is C8H19NO3. The molecule has 1 heterocycles. The molecule has 0 unspecified atom stereocenters. The highest BCUT2D eigenvalue weighted by atomic mass is 16.5. The predicted molar refractivity (Wildman–Crippen MR) is 47.3 cm³/mol. The van der Waals surface area contributed by atoms with Crippen molar-refractivity contribution >= 4 is 0 Å². The van der Waals surface area contributed by atoms with Crippen LogP contribution in [0.25, 0.3) is 0 Å². The van der Waals surface area contributed by atoms with Gasteiger partial charge in [-0.3, -0.25) is 0 Å². The van der Waals surface area contributed by atoms with Crippen LogP contribution in [0.5, 0.6) is 0 Å². The maximum absolute atomic E-state index is 7.94. The molecule has 0 aromatic heterocycles. The van der Waals surface area contributed by atoms with Crippen molar-refractivity contribution in [1.29, 1.82) is 0 Å². The van der Waals surface area contributed by atoms with Gasteiger partial charge in [-0.15, -0.1) is 0 Å². The van der Waals surface area contributed by atoms with Crippen LogP contribution in [0, 0.1) is 0 Å². The highest BCUT2D eigenvalue weighted by Gasteiger charge is 2.02. The Kier molecular flexibility index (Phi) is 8.81. The van der Waals surface area contributed by atoms with Crippen LogP contribution in [0.15, 0.2) is 0 Å². The van der Waals surface area contributed by atoms with Gasteiger partial charge in [-0.25, -0.2) is 0 Å². The Morgan fingerprint density at radius 2 is 2.00 bits per heavy atom. The number of morpholine rings is 1. The molecule has 1 aliphatic rings. The summed E-state index contributed by atoms with van der Waals surface area (Å²) in [6.45, 7) is 4.59. The smallest absolute Gasteiger partial charge is 0.0693 e. The van der Waals surface area contributed by atoms with E-state index >= 15 is 0 Å². The summed E-state index contributed by atoms with van der Waals surface area (Å²) in [4.78, 5) is 2.27. The summed E-state index contributed by atoms with van der Waals surface area (Å²) in [5.41, 5.74) is 0. The average Bonchev–Trinajstić information content (AvgIpc) is 2.08. The Hall–Kier alpha value is -0.160. The quantitative estimate of drug-likeness (QED) is 0.621.